The quantitative estimate of drug-likeness (QED) is 0.768. The second-order valence-corrected chi connectivity index (χ2v) is 6.96. The van der Waals surface area contributed by atoms with Crippen LogP contribution in [-0.2, 0) is 4.79 Å². The van der Waals surface area contributed by atoms with Crippen molar-refractivity contribution in [3.8, 4) is 11.8 Å². The van der Waals surface area contributed by atoms with Crippen molar-refractivity contribution in [2.45, 2.75) is 13.0 Å². The van der Waals surface area contributed by atoms with Crippen LogP contribution in [0, 0.1) is 11.3 Å². The van der Waals surface area contributed by atoms with E-state index < -0.39 is 6.10 Å². The van der Waals surface area contributed by atoms with Gasteiger partial charge >= 0.3 is 0 Å². The van der Waals surface area contributed by atoms with Gasteiger partial charge in [-0.15, -0.1) is 0 Å². The average molecular weight is 415 g/mol. The normalized spacial score (nSPS) is 15.3. The van der Waals surface area contributed by atoms with E-state index in [1.807, 2.05) is 29.2 Å². The maximum atomic E-state index is 12.6. The van der Waals surface area contributed by atoms with E-state index in [1.54, 1.807) is 25.3 Å². The molecule has 2 aromatic rings. The fraction of sp³-hybridized carbons (Fsp3) is 0.316. The first-order chi connectivity index (χ1) is 12.6. The average Bonchev–Trinajstić information content (AvgIpc) is 2.69. The Morgan fingerprint density at radius 1 is 1.23 bits per heavy atom. The molecule has 1 saturated heterocycles. The van der Waals surface area contributed by atoms with Crippen molar-refractivity contribution in [3.05, 3.63) is 52.6 Å². The van der Waals surface area contributed by atoms with Gasteiger partial charge in [0, 0.05) is 36.8 Å². The summed E-state index contributed by atoms with van der Waals surface area (Å²) in [6, 6.07) is 13.0. The molecule has 3 rings (SSSR count). The number of rotatable bonds is 4. The lowest BCUT2D eigenvalue weighted by atomic mass is 10.2. The summed E-state index contributed by atoms with van der Waals surface area (Å²) in [5.74, 6) is 1.42. The lowest BCUT2D eigenvalue weighted by molar-refractivity contribution is -0.138. The Kier molecular flexibility index (Phi) is 5.74. The third-order valence-electron chi connectivity index (χ3n) is 4.26. The number of piperazine rings is 1. The van der Waals surface area contributed by atoms with E-state index in [4.69, 9.17) is 10.00 Å². The van der Waals surface area contributed by atoms with E-state index in [0.29, 0.717) is 37.5 Å². The molecule has 1 aliphatic heterocycles. The SMILES string of the molecule is CC(Oc1ccc(Br)cc1)C(=O)N1CCN(c2cc(C#N)ccn2)CC1. The molecule has 0 aliphatic carbocycles. The van der Waals surface area contributed by atoms with Gasteiger partial charge in [-0.25, -0.2) is 4.98 Å². The zero-order chi connectivity index (χ0) is 18.5. The fourth-order valence-electron chi connectivity index (χ4n) is 2.84. The number of pyridine rings is 1. The van der Waals surface area contributed by atoms with E-state index in [0.717, 1.165) is 10.3 Å². The second kappa shape index (κ2) is 8.19. The summed E-state index contributed by atoms with van der Waals surface area (Å²) in [6.07, 6.45) is 1.10. The van der Waals surface area contributed by atoms with Crippen molar-refractivity contribution in [2.24, 2.45) is 0 Å². The minimum atomic E-state index is -0.539. The number of carbonyl (C=O) groups is 1. The summed E-state index contributed by atoms with van der Waals surface area (Å²) >= 11 is 3.38. The number of carbonyl (C=O) groups excluding carboxylic acids is 1. The van der Waals surface area contributed by atoms with Crippen LogP contribution in [0.5, 0.6) is 5.75 Å². The van der Waals surface area contributed by atoms with Gasteiger partial charge < -0.3 is 14.5 Å². The molecule has 26 heavy (non-hydrogen) atoms. The number of nitrogens with zero attached hydrogens (tertiary/aromatic N) is 4. The van der Waals surface area contributed by atoms with Crippen LogP contribution in [0.4, 0.5) is 5.82 Å². The molecule has 1 unspecified atom stereocenters. The topological polar surface area (TPSA) is 69.5 Å². The molecule has 134 valence electrons. The van der Waals surface area contributed by atoms with Crippen LogP contribution in [0.2, 0.25) is 0 Å². The molecular weight excluding hydrogens is 396 g/mol. The molecule has 0 N–H and O–H groups in total. The third-order valence-corrected chi connectivity index (χ3v) is 4.79. The molecule has 0 radical (unpaired) electrons. The number of aromatic nitrogens is 1. The first kappa shape index (κ1) is 18.2. The van der Waals surface area contributed by atoms with Gasteiger partial charge in [0.05, 0.1) is 11.6 Å². The predicted molar refractivity (Wildman–Crippen MR) is 102 cm³/mol. The summed E-state index contributed by atoms with van der Waals surface area (Å²) in [6.45, 7) is 4.34. The van der Waals surface area contributed by atoms with Gasteiger partial charge in [0.25, 0.3) is 5.91 Å². The molecule has 1 atom stereocenters. The number of hydrogen-bond acceptors (Lipinski definition) is 5. The highest BCUT2D eigenvalue weighted by atomic mass is 79.9. The van der Waals surface area contributed by atoms with Crippen LogP contribution < -0.4 is 9.64 Å². The van der Waals surface area contributed by atoms with Crippen molar-refractivity contribution in [3.63, 3.8) is 0 Å². The number of nitriles is 1. The number of ether oxygens (including phenoxy) is 1. The molecule has 0 spiro atoms. The molecule has 1 aromatic heterocycles. The molecule has 0 bridgehead atoms. The number of hydrogen-bond donors (Lipinski definition) is 0. The Morgan fingerprint density at radius 2 is 1.92 bits per heavy atom. The number of benzene rings is 1. The van der Waals surface area contributed by atoms with E-state index in [9.17, 15) is 4.79 Å². The lowest BCUT2D eigenvalue weighted by Gasteiger charge is -2.36. The van der Waals surface area contributed by atoms with E-state index in [2.05, 4.69) is 31.9 Å². The Bertz CT molecular complexity index is 811. The molecule has 1 aliphatic rings. The van der Waals surface area contributed by atoms with Crippen LogP contribution in [-0.4, -0.2) is 48.1 Å². The van der Waals surface area contributed by atoms with Crippen molar-refractivity contribution < 1.29 is 9.53 Å². The van der Waals surface area contributed by atoms with Crippen molar-refractivity contribution in [1.82, 2.24) is 9.88 Å². The third kappa shape index (κ3) is 4.33. The first-order valence-electron chi connectivity index (χ1n) is 8.39. The zero-order valence-electron chi connectivity index (χ0n) is 14.4. The molecule has 1 amide bonds. The summed E-state index contributed by atoms with van der Waals surface area (Å²) in [4.78, 5) is 20.9. The number of anilines is 1. The molecule has 2 heterocycles. The Balaban J connectivity index is 1.56. The lowest BCUT2D eigenvalue weighted by Crippen LogP contribution is -2.52. The van der Waals surface area contributed by atoms with Crippen LogP contribution in [0.3, 0.4) is 0 Å². The van der Waals surface area contributed by atoms with E-state index in [-0.39, 0.29) is 5.91 Å². The molecule has 6 nitrogen and oxygen atoms in total. The molecule has 7 heteroatoms. The van der Waals surface area contributed by atoms with Crippen LogP contribution in [0.1, 0.15) is 12.5 Å². The highest BCUT2D eigenvalue weighted by molar-refractivity contribution is 9.10. The van der Waals surface area contributed by atoms with Gasteiger partial charge in [0.2, 0.25) is 0 Å². The Hall–Kier alpha value is -2.59. The maximum absolute atomic E-state index is 12.6. The van der Waals surface area contributed by atoms with Crippen molar-refractivity contribution in [2.75, 3.05) is 31.1 Å². The van der Waals surface area contributed by atoms with Crippen LogP contribution in [0.15, 0.2) is 47.1 Å². The second-order valence-electron chi connectivity index (χ2n) is 6.04. The van der Waals surface area contributed by atoms with Crippen molar-refractivity contribution >= 4 is 27.7 Å². The molecular formula is C19H19BrN4O2. The van der Waals surface area contributed by atoms with Gasteiger partial charge in [0.15, 0.2) is 6.10 Å². The highest BCUT2D eigenvalue weighted by Crippen LogP contribution is 2.19. The Labute approximate surface area is 161 Å². The smallest absolute Gasteiger partial charge is 0.263 e. The number of amides is 1. The number of halogens is 1. The van der Waals surface area contributed by atoms with E-state index >= 15 is 0 Å². The summed E-state index contributed by atoms with van der Waals surface area (Å²) in [5, 5.41) is 9.01. The maximum Gasteiger partial charge on any atom is 0.263 e. The Morgan fingerprint density at radius 3 is 2.58 bits per heavy atom. The monoisotopic (exact) mass is 414 g/mol. The fourth-order valence-corrected chi connectivity index (χ4v) is 3.11. The highest BCUT2D eigenvalue weighted by Gasteiger charge is 2.26. The van der Waals surface area contributed by atoms with Gasteiger partial charge in [-0.1, -0.05) is 15.9 Å². The first-order valence-corrected chi connectivity index (χ1v) is 9.18. The largest absolute Gasteiger partial charge is 0.481 e. The minimum absolute atomic E-state index is 0.0219. The van der Waals surface area contributed by atoms with Gasteiger partial charge in [-0.05, 0) is 43.3 Å². The van der Waals surface area contributed by atoms with E-state index in [1.165, 1.54) is 0 Å². The summed E-state index contributed by atoms with van der Waals surface area (Å²) in [7, 11) is 0. The molecule has 1 aromatic carbocycles. The molecule has 0 saturated carbocycles. The summed E-state index contributed by atoms with van der Waals surface area (Å²) < 4.78 is 6.72. The zero-order valence-corrected chi connectivity index (χ0v) is 16.0. The minimum Gasteiger partial charge on any atom is -0.481 e. The van der Waals surface area contributed by atoms with Crippen LogP contribution >= 0.6 is 15.9 Å². The van der Waals surface area contributed by atoms with Crippen molar-refractivity contribution in [1.29, 1.82) is 5.26 Å². The van der Waals surface area contributed by atoms with Crippen LogP contribution in [0.25, 0.3) is 0 Å². The van der Waals surface area contributed by atoms with Gasteiger partial charge in [-0.2, -0.15) is 5.26 Å². The van der Waals surface area contributed by atoms with Gasteiger partial charge in [0.1, 0.15) is 11.6 Å². The summed E-state index contributed by atoms with van der Waals surface area (Å²) in [5.41, 5.74) is 0.588. The van der Waals surface area contributed by atoms with Gasteiger partial charge in [-0.3, -0.25) is 4.79 Å². The standard InChI is InChI=1S/C19H19BrN4O2/c1-14(26-17-4-2-16(20)3-5-17)19(25)24-10-8-23(9-11-24)18-12-15(13-21)6-7-22-18/h2-7,12,14H,8-11H2,1H3. The molecule has 1 fully saturated rings. The predicted octanol–water partition coefficient (Wildman–Crippen LogP) is 2.83.